The first kappa shape index (κ1) is 21.3. The number of rotatable bonds is 4. The fourth-order valence-electron chi connectivity index (χ4n) is 3.94. The summed E-state index contributed by atoms with van der Waals surface area (Å²) in [6, 6.07) is 12.6. The Morgan fingerprint density at radius 2 is 1.68 bits per heavy atom. The minimum absolute atomic E-state index is 0.00857. The van der Waals surface area contributed by atoms with Crippen molar-refractivity contribution in [1.29, 1.82) is 0 Å². The van der Waals surface area contributed by atoms with Crippen LogP contribution in [-0.4, -0.2) is 60.9 Å². The van der Waals surface area contributed by atoms with Crippen molar-refractivity contribution < 1.29 is 22.8 Å². The molecule has 1 saturated heterocycles. The van der Waals surface area contributed by atoms with Crippen molar-refractivity contribution in [2.75, 3.05) is 49.5 Å². The molecule has 2 amide bonds. The highest BCUT2D eigenvalue weighted by Crippen LogP contribution is 2.30. The number of benzene rings is 2. The molecule has 2 heterocycles. The number of amides is 2. The highest BCUT2D eigenvalue weighted by Gasteiger charge is 2.31. The largest absolute Gasteiger partial charge is 0.416 e. The maximum Gasteiger partial charge on any atom is 0.416 e. The van der Waals surface area contributed by atoms with Gasteiger partial charge in [0.2, 0.25) is 11.8 Å². The van der Waals surface area contributed by atoms with Gasteiger partial charge < -0.3 is 5.32 Å². The van der Waals surface area contributed by atoms with Crippen LogP contribution in [0.3, 0.4) is 0 Å². The highest BCUT2D eigenvalue weighted by molar-refractivity contribution is 6.10. The van der Waals surface area contributed by atoms with Crippen LogP contribution in [0.25, 0.3) is 0 Å². The summed E-state index contributed by atoms with van der Waals surface area (Å²) in [7, 11) is 0. The number of carbonyl (C=O) groups excluding carboxylic acids is 2. The molecule has 1 N–H and O–H groups in total. The number of nitrogens with zero attached hydrogens (tertiary/aromatic N) is 3. The summed E-state index contributed by atoms with van der Waals surface area (Å²) >= 11 is 0. The van der Waals surface area contributed by atoms with E-state index in [1.807, 2.05) is 11.0 Å². The van der Waals surface area contributed by atoms with E-state index in [4.69, 9.17) is 0 Å². The second-order valence-corrected chi connectivity index (χ2v) is 7.80. The van der Waals surface area contributed by atoms with Gasteiger partial charge in [-0.05, 0) is 23.8 Å². The average Bonchev–Trinajstić information content (AvgIpc) is 2.74. The Balaban J connectivity index is 1.32. The van der Waals surface area contributed by atoms with Gasteiger partial charge in [-0.25, -0.2) is 0 Å². The van der Waals surface area contributed by atoms with Crippen LogP contribution >= 0.6 is 0 Å². The normalized spacial score (nSPS) is 17.9. The van der Waals surface area contributed by atoms with Crippen LogP contribution in [0.1, 0.15) is 11.1 Å². The summed E-state index contributed by atoms with van der Waals surface area (Å²) < 4.78 is 38.7. The molecule has 0 atom stereocenters. The van der Waals surface area contributed by atoms with E-state index in [-0.39, 0.29) is 24.9 Å². The molecule has 0 saturated carbocycles. The number of carbonyl (C=O) groups is 2. The lowest BCUT2D eigenvalue weighted by atomic mass is 10.1. The fourth-order valence-corrected chi connectivity index (χ4v) is 3.94. The summed E-state index contributed by atoms with van der Waals surface area (Å²) in [5.41, 5.74) is 1.30. The number of alkyl halides is 3. The zero-order chi connectivity index (χ0) is 22.0. The van der Waals surface area contributed by atoms with E-state index in [9.17, 15) is 22.8 Å². The van der Waals surface area contributed by atoms with Crippen LogP contribution in [0.5, 0.6) is 0 Å². The lowest BCUT2D eigenvalue weighted by Crippen LogP contribution is -2.51. The van der Waals surface area contributed by atoms with Crippen molar-refractivity contribution in [2.24, 2.45) is 0 Å². The van der Waals surface area contributed by atoms with Gasteiger partial charge >= 0.3 is 6.18 Å². The monoisotopic (exact) mass is 432 g/mol. The van der Waals surface area contributed by atoms with Crippen molar-refractivity contribution in [2.45, 2.75) is 12.7 Å². The minimum atomic E-state index is -4.35. The van der Waals surface area contributed by atoms with Gasteiger partial charge in [0, 0.05) is 32.7 Å². The zero-order valence-electron chi connectivity index (χ0n) is 16.9. The molecule has 4 rings (SSSR count). The van der Waals surface area contributed by atoms with Gasteiger partial charge in [-0.2, -0.15) is 13.2 Å². The van der Waals surface area contributed by atoms with Crippen LogP contribution in [0, 0.1) is 0 Å². The Morgan fingerprint density at radius 3 is 2.42 bits per heavy atom. The Hall–Kier alpha value is -2.91. The summed E-state index contributed by atoms with van der Waals surface area (Å²) in [6.45, 7) is 3.19. The fraction of sp³-hybridized carbons (Fsp3) is 0.364. The Kier molecular flexibility index (Phi) is 5.97. The van der Waals surface area contributed by atoms with Crippen molar-refractivity contribution in [1.82, 2.24) is 9.80 Å². The quantitative estimate of drug-likeness (QED) is 0.808. The van der Waals surface area contributed by atoms with Crippen molar-refractivity contribution >= 4 is 23.2 Å². The molecular formula is C22H23F3N4O2. The number of nitrogens with one attached hydrogen (secondary N) is 1. The van der Waals surface area contributed by atoms with Gasteiger partial charge in [0.1, 0.15) is 6.54 Å². The molecule has 2 aromatic carbocycles. The maximum atomic E-state index is 12.9. The third kappa shape index (κ3) is 5.05. The van der Waals surface area contributed by atoms with E-state index in [1.54, 1.807) is 24.3 Å². The molecule has 0 aliphatic carbocycles. The van der Waals surface area contributed by atoms with E-state index < -0.39 is 11.7 Å². The number of halogens is 3. The van der Waals surface area contributed by atoms with Crippen molar-refractivity contribution in [3.8, 4) is 0 Å². The van der Waals surface area contributed by atoms with Crippen molar-refractivity contribution in [3.63, 3.8) is 0 Å². The van der Waals surface area contributed by atoms with E-state index in [1.165, 1.54) is 17.0 Å². The van der Waals surface area contributed by atoms with Gasteiger partial charge in [0.25, 0.3) is 0 Å². The lowest BCUT2D eigenvalue weighted by Gasteiger charge is -2.36. The first-order valence-electron chi connectivity index (χ1n) is 10.1. The second-order valence-electron chi connectivity index (χ2n) is 7.80. The van der Waals surface area contributed by atoms with E-state index in [0.717, 1.165) is 6.07 Å². The maximum absolute atomic E-state index is 12.9. The SMILES string of the molecule is O=C1CN(C(=O)CN2CCN(Cc3cccc(C(F)(F)F)c3)CC2)c2ccccc2N1. The first-order chi connectivity index (χ1) is 14.8. The van der Waals surface area contributed by atoms with Crippen molar-refractivity contribution in [3.05, 3.63) is 59.7 Å². The number of hydrogen-bond donors (Lipinski definition) is 1. The average molecular weight is 432 g/mol. The van der Waals surface area contributed by atoms with E-state index in [2.05, 4.69) is 10.2 Å². The Bertz CT molecular complexity index is 971. The predicted octanol–water partition coefficient (Wildman–Crippen LogP) is 2.81. The van der Waals surface area contributed by atoms with Crippen LogP contribution in [0.4, 0.5) is 24.5 Å². The van der Waals surface area contributed by atoms with Crippen LogP contribution in [0.2, 0.25) is 0 Å². The Labute approximate surface area is 178 Å². The smallest absolute Gasteiger partial charge is 0.323 e. The van der Waals surface area contributed by atoms with Gasteiger partial charge in [-0.1, -0.05) is 30.3 Å². The molecule has 2 aromatic rings. The number of hydrogen-bond acceptors (Lipinski definition) is 4. The number of para-hydroxylation sites is 2. The third-order valence-corrected chi connectivity index (χ3v) is 5.56. The molecule has 31 heavy (non-hydrogen) atoms. The standard InChI is InChI=1S/C22H23F3N4O2/c23-22(24,25)17-5-3-4-16(12-17)13-27-8-10-28(11-9-27)15-21(31)29-14-20(30)26-18-6-1-2-7-19(18)29/h1-7,12H,8-11,13-15H2,(H,26,30). The number of anilines is 2. The molecule has 0 spiro atoms. The lowest BCUT2D eigenvalue weighted by molar-refractivity contribution is -0.137. The molecule has 0 bridgehead atoms. The minimum Gasteiger partial charge on any atom is -0.323 e. The summed E-state index contributed by atoms with van der Waals surface area (Å²) in [5.74, 6) is -0.369. The van der Waals surface area contributed by atoms with Crippen LogP contribution in [-0.2, 0) is 22.3 Å². The molecule has 0 radical (unpaired) electrons. The van der Waals surface area contributed by atoms with Gasteiger partial charge in [0.05, 0.1) is 23.5 Å². The zero-order valence-corrected chi connectivity index (χ0v) is 16.9. The second kappa shape index (κ2) is 8.68. The first-order valence-corrected chi connectivity index (χ1v) is 10.1. The molecule has 2 aliphatic rings. The van der Waals surface area contributed by atoms with E-state index in [0.29, 0.717) is 49.7 Å². The molecule has 1 fully saturated rings. The van der Waals surface area contributed by atoms with Gasteiger partial charge in [-0.15, -0.1) is 0 Å². The highest BCUT2D eigenvalue weighted by atomic mass is 19.4. The van der Waals surface area contributed by atoms with Gasteiger partial charge in [0.15, 0.2) is 0 Å². The van der Waals surface area contributed by atoms with Crippen LogP contribution < -0.4 is 10.2 Å². The molecular weight excluding hydrogens is 409 g/mol. The third-order valence-electron chi connectivity index (χ3n) is 5.56. The van der Waals surface area contributed by atoms with Crippen LogP contribution in [0.15, 0.2) is 48.5 Å². The summed E-state index contributed by atoms with van der Waals surface area (Å²) in [5, 5.41) is 2.77. The summed E-state index contributed by atoms with van der Waals surface area (Å²) in [4.78, 5) is 30.4. The molecule has 0 aromatic heterocycles. The molecule has 9 heteroatoms. The molecule has 0 unspecified atom stereocenters. The Morgan fingerprint density at radius 1 is 0.968 bits per heavy atom. The molecule has 6 nitrogen and oxygen atoms in total. The molecule has 2 aliphatic heterocycles. The summed E-state index contributed by atoms with van der Waals surface area (Å²) in [6.07, 6.45) is -4.35. The number of fused-ring (bicyclic) bond motifs is 1. The number of piperazine rings is 1. The predicted molar refractivity (Wildman–Crippen MR) is 111 cm³/mol. The van der Waals surface area contributed by atoms with Gasteiger partial charge in [-0.3, -0.25) is 24.3 Å². The van der Waals surface area contributed by atoms with E-state index >= 15 is 0 Å². The topological polar surface area (TPSA) is 55.9 Å². The molecule has 164 valence electrons.